The van der Waals surface area contributed by atoms with Gasteiger partial charge in [-0.05, 0) is 74.6 Å². The largest absolute Gasteiger partial charge is 0.504 e. The number of nitrogens with zero attached hydrogens (tertiary/aromatic N) is 1. The van der Waals surface area contributed by atoms with Crippen molar-refractivity contribution in [3.8, 4) is 11.5 Å². The first-order chi connectivity index (χ1) is 11.6. The fourth-order valence-electron chi connectivity index (χ4n) is 2.73. The Kier molecular flexibility index (Phi) is 5.08. The van der Waals surface area contributed by atoms with E-state index >= 15 is 0 Å². The number of aromatic hydroxyl groups is 2. The zero-order valence-electron chi connectivity index (χ0n) is 14.9. The summed E-state index contributed by atoms with van der Waals surface area (Å²) in [4.78, 5) is 2.39. The number of hydrazone groups is 1. The van der Waals surface area contributed by atoms with Gasteiger partial charge in [-0.1, -0.05) is 6.07 Å². The molecular formula is C18H22N2O4S. The second-order valence-corrected chi connectivity index (χ2v) is 7.62. The molecule has 0 saturated carbocycles. The Labute approximate surface area is 147 Å². The molecule has 0 atom stereocenters. The standard InChI is InChI=1S/C18H22N2O4S/c1-10-11(2)13(4)18(14(5)12(10)3)25(23,24)20-19-9-15-7-6-8-16(21)17(15)22/h6-9,20-22H,1-5H3/b19-9+. The third-order valence-corrected chi connectivity index (χ3v) is 6.12. The third-order valence-electron chi connectivity index (χ3n) is 4.62. The lowest BCUT2D eigenvalue weighted by molar-refractivity contribution is 0.403. The SMILES string of the molecule is Cc1c(C)c(C)c(S(=O)(=O)N/N=C/c2cccc(O)c2O)c(C)c1C. The molecule has 0 aliphatic rings. The molecule has 6 nitrogen and oxygen atoms in total. The summed E-state index contributed by atoms with van der Waals surface area (Å²) in [5, 5.41) is 22.9. The minimum absolute atomic E-state index is 0.201. The van der Waals surface area contributed by atoms with Crippen molar-refractivity contribution in [3.63, 3.8) is 0 Å². The van der Waals surface area contributed by atoms with Crippen molar-refractivity contribution in [1.82, 2.24) is 4.83 Å². The molecule has 0 aromatic heterocycles. The van der Waals surface area contributed by atoms with Crippen LogP contribution in [0.1, 0.15) is 33.4 Å². The van der Waals surface area contributed by atoms with Gasteiger partial charge in [-0.3, -0.25) is 0 Å². The van der Waals surface area contributed by atoms with Crippen LogP contribution in [0.5, 0.6) is 11.5 Å². The first-order valence-electron chi connectivity index (χ1n) is 7.70. The summed E-state index contributed by atoms with van der Waals surface area (Å²) in [5.41, 5.74) is 4.50. The summed E-state index contributed by atoms with van der Waals surface area (Å²) >= 11 is 0. The monoisotopic (exact) mass is 362 g/mol. The number of hydrogen-bond donors (Lipinski definition) is 3. The highest BCUT2D eigenvalue weighted by atomic mass is 32.2. The molecule has 2 aromatic rings. The van der Waals surface area contributed by atoms with Crippen molar-refractivity contribution in [2.24, 2.45) is 5.10 Å². The van der Waals surface area contributed by atoms with Gasteiger partial charge in [0.05, 0.1) is 11.1 Å². The Morgan fingerprint density at radius 1 is 0.920 bits per heavy atom. The molecule has 0 amide bonds. The molecule has 0 saturated heterocycles. The molecule has 2 rings (SSSR count). The summed E-state index contributed by atoms with van der Waals surface area (Å²) in [6, 6.07) is 4.34. The fourth-order valence-corrected chi connectivity index (χ4v) is 4.13. The van der Waals surface area contributed by atoms with Gasteiger partial charge in [-0.15, -0.1) is 0 Å². The number of para-hydroxylation sites is 1. The van der Waals surface area contributed by atoms with E-state index < -0.39 is 10.0 Å². The predicted octanol–water partition coefficient (Wildman–Crippen LogP) is 2.95. The van der Waals surface area contributed by atoms with E-state index in [0.29, 0.717) is 11.1 Å². The molecular weight excluding hydrogens is 340 g/mol. The average molecular weight is 362 g/mol. The molecule has 0 heterocycles. The molecule has 0 fully saturated rings. The lowest BCUT2D eigenvalue weighted by Crippen LogP contribution is -2.22. The smallest absolute Gasteiger partial charge is 0.277 e. The minimum Gasteiger partial charge on any atom is -0.504 e. The summed E-state index contributed by atoms with van der Waals surface area (Å²) in [6.45, 7) is 9.30. The van der Waals surface area contributed by atoms with Crippen molar-refractivity contribution < 1.29 is 18.6 Å². The zero-order chi connectivity index (χ0) is 18.9. The Hall–Kier alpha value is -2.54. The molecule has 2 aromatic carbocycles. The fraction of sp³-hybridized carbons (Fsp3) is 0.278. The van der Waals surface area contributed by atoms with E-state index in [1.165, 1.54) is 18.2 Å². The van der Waals surface area contributed by atoms with Gasteiger partial charge >= 0.3 is 0 Å². The van der Waals surface area contributed by atoms with Crippen LogP contribution in [-0.4, -0.2) is 24.8 Å². The van der Waals surface area contributed by atoms with Gasteiger partial charge in [0.1, 0.15) is 0 Å². The van der Waals surface area contributed by atoms with Gasteiger partial charge < -0.3 is 10.2 Å². The molecule has 0 spiro atoms. The van der Waals surface area contributed by atoms with Crippen LogP contribution in [0.25, 0.3) is 0 Å². The number of rotatable bonds is 4. The Bertz CT molecular complexity index is 935. The molecule has 0 aliphatic carbocycles. The van der Waals surface area contributed by atoms with Gasteiger partial charge in [-0.25, -0.2) is 4.83 Å². The maximum Gasteiger partial charge on any atom is 0.277 e. The maximum absolute atomic E-state index is 12.7. The maximum atomic E-state index is 12.7. The lowest BCUT2D eigenvalue weighted by Gasteiger charge is -2.18. The first-order valence-corrected chi connectivity index (χ1v) is 9.19. The van der Waals surface area contributed by atoms with Crippen LogP contribution >= 0.6 is 0 Å². The van der Waals surface area contributed by atoms with E-state index in [-0.39, 0.29) is 22.0 Å². The van der Waals surface area contributed by atoms with Crippen LogP contribution in [0, 0.1) is 34.6 Å². The predicted molar refractivity (Wildman–Crippen MR) is 97.8 cm³/mol. The van der Waals surface area contributed by atoms with Crippen molar-refractivity contribution in [2.45, 2.75) is 39.5 Å². The Morgan fingerprint density at radius 2 is 1.44 bits per heavy atom. The Balaban J connectivity index is 2.41. The van der Waals surface area contributed by atoms with Gasteiger partial charge in [0.25, 0.3) is 10.0 Å². The van der Waals surface area contributed by atoms with Crippen LogP contribution in [0.4, 0.5) is 0 Å². The Morgan fingerprint density at radius 3 is 2.00 bits per heavy atom. The summed E-state index contributed by atoms with van der Waals surface area (Å²) in [7, 11) is -3.87. The number of nitrogens with one attached hydrogen (secondary N) is 1. The van der Waals surface area contributed by atoms with Crippen molar-refractivity contribution in [1.29, 1.82) is 0 Å². The summed E-state index contributed by atoms with van der Waals surface area (Å²) in [6.07, 6.45) is 1.14. The molecule has 134 valence electrons. The van der Waals surface area contributed by atoms with Gasteiger partial charge in [0.15, 0.2) is 11.5 Å². The molecule has 0 bridgehead atoms. The number of benzene rings is 2. The highest BCUT2D eigenvalue weighted by Gasteiger charge is 2.23. The quantitative estimate of drug-likeness (QED) is 0.442. The number of hydrogen-bond acceptors (Lipinski definition) is 5. The molecule has 0 radical (unpaired) electrons. The molecule has 0 aliphatic heterocycles. The van der Waals surface area contributed by atoms with Gasteiger partial charge in [0.2, 0.25) is 0 Å². The van der Waals surface area contributed by atoms with Crippen LogP contribution in [0.3, 0.4) is 0 Å². The van der Waals surface area contributed by atoms with Crippen LogP contribution in [0.2, 0.25) is 0 Å². The van der Waals surface area contributed by atoms with Crippen LogP contribution < -0.4 is 4.83 Å². The minimum atomic E-state index is -3.87. The van der Waals surface area contributed by atoms with Crippen molar-refractivity contribution in [2.75, 3.05) is 0 Å². The molecule has 7 heteroatoms. The van der Waals surface area contributed by atoms with Crippen molar-refractivity contribution in [3.05, 3.63) is 51.6 Å². The normalized spacial score (nSPS) is 11.9. The number of phenols is 2. The zero-order valence-corrected chi connectivity index (χ0v) is 15.7. The molecule has 3 N–H and O–H groups in total. The molecule has 0 unspecified atom stereocenters. The van der Waals surface area contributed by atoms with E-state index in [9.17, 15) is 18.6 Å². The van der Waals surface area contributed by atoms with Gasteiger partial charge in [-0.2, -0.15) is 13.5 Å². The second kappa shape index (κ2) is 6.76. The van der Waals surface area contributed by atoms with E-state index in [1.54, 1.807) is 13.8 Å². The molecule has 25 heavy (non-hydrogen) atoms. The first kappa shape index (κ1) is 18.8. The van der Waals surface area contributed by atoms with E-state index in [1.807, 2.05) is 20.8 Å². The van der Waals surface area contributed by atoms with E-state index in [2.05, 4.69) is 9.93 Å². The van der Waals surface area contributed by atoms with E-state index in [0.717, 1.165) is 22.9 Å². The second-order valence-electron chi connectivity index (χ2n) is 6.02. The van der Waals surface area contributed by atoms with Crippen LogP contribution in [0.15, 0.2) is 28.2 Å². The van der Waals surface area contributed by atoms with Crippen LogP contribution in [-0.2, 0) is 10.0 Å². The van der Waals surface area contributed by atoms with Gasteiger partial charge in [0, 0.05) is 5.56 Å². The van der Waals surface area contributed by atoms with E-state index in [4.69, 9.17) is 0 Å². The van der Waals surface area contributed by atoms with Crippen molar-refractivity contribution >= 4 is 16.2 Å². The topological polar surface area (TPSA) is 99.0 Å². The number of sulfonamides is 1. The summed E-state index contributed by atoms with van der Waals surface area (Å²) < 4.78 is 25.4. The average Bonchev–Trinajstić information content (AvgIpc) is 2.55. The summed E-state index contributed by atoms with van der Waals surface area (Å²) in [5.74, 6) is -0.664. The highest BCUT2D eigenvalue weighted by molar-refractivity contribution is 7.89. The highest BCUT2D eigenvalue weighted by Crippen LogP contribution is 2.29. The number of phenolic OH excluding ortho intramolecular Hbond substituents is 2. The lowest BCUT2D eigenvalue weighted by atomic mass is 9.95. The third kappa shape index (κ3) is 3.46.